The first-order valence-corrected chi connectivity index (χ1v) is 7.46. The van der Waals surface area contributed by atoms with E-state index in [1.807, 2.05) is 6.07 Å². The fourth-order valence-corrected chi connectivity index (χ4v) is 3.39. The first kappa shape index (κ1) is 14.5. The maximum Gasteiger partial charge on any atom is 0.356 e. The Bertz CT molecular complexity index is 657. The quantitative estimate of drug-likeness (QED) is 0.943. The first-order chi connectivity index (χ1) is 10.6. The van der Waals surface area contributed by atoms with E-state index in [0.717, 1.165) is 12.2 Å². The van der Waals surface area contributed by atoms with E-state index in [4.69, 9.17) is 5.11 Å². The van der Waals surface area contributed by atoms with Crippen LogP contribution in [-0.4, -0.2) is 33.1 Å². The maximum atomic E-state index is 10.9. The van der Waals surface area contributed by atoms with Crippen molar-refractivity contribution >= 4 is 11.8 Å². The summed E-state index contributed by atoms with van der Waals surface area (Å²) in [4.78, 5) is 21.4. The van der Waals surface area contributed by atoms with Crippen LogP contribution in [0.25, 0.3) is 0 Å². The maximum absolute atomic E-state index is 10.9. The molecule has 0 aliphatic carbocycles. The topological polar surface area (TPSA) is 66.3 Å². The molecular formula is C17H19N3O2. The van der Waals surface area contributed by atoms with Crippen LogP contribution >= 0.6 is 0 Å². The molecule has 1 aromatic carbocycles. The standard InChI is InChI=1S/C17H19N3O2/c1-11-8-14(13-6-4-3-5-7-13)12(2)20(11)16-10-18-15(9-19-16)17(21)22/h3-7,9-12,14H,8H2,1-2H3,(H,21,22). The predicted octanol–water partition coefficient (Wildman–Crippen LogP) is 2.95. The molecule has 3 rings (SSSR count). The summed E-state index contributed by atoms with van der Waals surface area (Å²) in [7, 11) is 0. The van der Waals surface area contributed by atoms with Crippen LogP contribution in [-0.2, 0) is 0 Å². The summed E-state index contributed by atoms with van der Waals surface area (Å²) in [6.07, 6.45) is 3.93. The number of rotatable bonds is 3. The van der Waals surface area contributed by atoms with Crippen molar-refractivity contribution in [2.45, 2.75) is 38.3 Å². The van der Waals surface area contributed by atoms with Crippen molar-refractivity contribution in [2.24, 2.45) is 0 Å². The van der Waals surface area contributed by atoms with Crippen molar-refractivity contribution in [3.05, 3.63) is 54.0 Å². The minimum atomic E-state index is -1.05. The lowest BCUT2D eigenvalue weighted by Gasteiger charge is -2.28. The Kier molecular flexibility index (Phi) is 3.79. The number of aromatic carboxylic acids is 1. The molecule has 1 aliphatic rings. The van der Waals surface area contributed by atoms with Crippen molar-refractivity contribution in [1.29, 1.82) is 0 Å². The molecule has 0 spiro atoms. The minimum absolute atomic E-state index is 0.0251. The van der Waals surface area contributed by atoms with Gasteiger partial charge in [-0.3, -0.25) is 0 Å². The number of hydrogen-bond donors (Lipinski definition) is 1. The Morgan fingerprint density at radius 1 is 1.18 bits per heavy atom. The summed E-state index contributed by atoms with van der Waals surface area (Å²) in [6.45, 7) is 4.36. The third-order valence-corrected chi connectivity index (χ3v) is 4.44. The van der Waals surface area contributed by atoms with Crippen molar-refractivity contribution in [3.8, 4) is 0 Å². The van der Waals surface area contributed by atoms with Crippen LogP contribution in [0.15, 0.2) is 42.7 Å². The van der Waals surface area contributed by atoms with Gasteiger partial charge in [-0.2, -0.15) is 0 Å². The van der Waals surface area contributed by atoms with E-state index < -0.39 is 5.97 Å². The number of anilines is 1. The van der Waals surface area contributed by atoms with Gasteiger partial charge in [0.1, 0.15) is 5.82 Å². The molecule has 0 bridgehead atoms. The number of nitrogens with zero attached hydrogens (tertiary/aromatic N) is 3. The molecule has 1 saturated heterocycles. The molecule has 5 nitrogen and oxygen atoms in total. The van der Waals surface area contributed by atoms with Crippen LogP contribution in [0.1, 0.15) is 42.2 Å². The minimum Gasteiger partial charge on any atom is -0.476 e. The van der Waals surface area contributed by atoms with E-state index >= 15 is 0 Å². The summed E-state index contributed by atoms with van der Waals surface area (Å²) >= 11 is 0. The van der Waals surface area contributed by atoms with Gasteiger partial charge >= 0.3 is 5.97 Å². The van der Waals surface area contributed by atoms with Crippen LogP contribution in [0, 0.1) is 0 Å². The van der Waals surface area contributed by atoms with Crippen LogP contribution in [0.5, 0.6) is 0 Å². The normalized spacial score (nSPS) is 24.5. The molecular weight excluding hydrogens is 278 g/mol. The van der Waals surface area contributed by atoms with E-state index in [1.54, 1.807) is 6.20 Å². The van der Waals surface area contributed by atoms with Gasteiger partial charge in [-0.1, -0.05) is 30.3 Å². The van der Waals surface area contributed by atoms with Crippen LogP contribution in [0.2, 0.25) is 0 Å². The molecule has 5 heteroatoms. The number of carboxylic acids is 1. The van der Waals surface area contributed by atoms with Crippen molar-refractivity contribution in [3.63, 3.8) is 0 Å². The van der Waals surface area contributed by atoms with E-state index in [9.17, 15) is 4.79 Å². The fourth-order valence-electron chi connectivity index (χ4n) is 3.39. The molecule has 1 aromatic heterocycles. The molecule has 114 valence electrons. The van der Waals surface area contributed by atoms with Gasteiger partial charge in [0.05, 0.1) is 12.4 Å². The van der Waals surface area contributed by atoms with Crippen LogP contribution in [0.4, 0.5) is 5.82 Å². The van der Waals surface area contributed by atoms with Gasteiger partial charge in [0.15, 0.2) is 5.69 Å². The van der Waals surface area contributed by atoms with Crippen molar-refractivity contribution in [2.75, 3.05) is 4.90 Å². The number of carboxylic acid groups (broad SMARTS) is 1. The molecule has 1 N–H and O–H groups in total. The van der Waals surface area contributed by atoms with E-state index in [2.05, 4.69) is 53.0 Å². The fraction of sp³-hybridized carbons (Fsp3) is 0.353. The Morgan fingerprint density at radius 3 is 2.50 bits per heavy atom. The van der Waals surface area contributed by atoms with Gasteiger partial charge in [-0.15, -0.1) is 0 Å². The second kappa shape index (κ2) is 5.75. The summed E-state index contributed by atoms with van der Waals surface area (Å²) in [5.41, 5.74) is 1.31. The molecule has 2 aromatic rings. The second-order valence-electron chi connectivity index (χ2n) is 5.81. The highest BCUT2D eigenvalue weighted by atomic mass is 16.4. The van der Waals surface area contributed by atoms with Gasteiger partial charge in [0.2, 0.25) is 0 Å². The first-order valence-electron chi connectivity index (χ1n) is 7.46. The lowest BCUT2D eigenvalue weighted by atomic mass is 9.92. The highest BCUT2D eigenvalue weighted by molar-refractivity contribution is 5.84. The molecule has 1 aliphatic heterocycles. The summed E-state index contributed by atoms with van der Waals surface area (Å²) in [5.74, 6) is 0.129. The molecule has 22 heavy (non-hydrogen) atoms. The van der Waals surface area contributed by atoms with Gasteiger partial charge in [-0.05, 0) is 25.8 Å². The summed E-state index contributed by atoms with van der Waals surface area (Å²) in [5, 5.41) is 8.92. The molecule has 1 fully saturated rings. The lowest BCUT2D eigenvalue weighted by Crippen LogP contribution is -2.34. The zero-order valence-electron chi connectivity index (χ0n) is 12.7. The van der Waals surface area contributed by atoms with Gasteiger partial charge in [-0.25, -0.2) is 14.8 Å². The van der Waals surface area contributed by atoms with Crippen molar-refractivity contribution < 1.29 is 9.90 Å². The van der Waals surface area contributed by atoms with E-state index in [1.165, 1.54) is 11.8 Å². The zero-order valence-corrected chi connectivity index (χ0v) is 12.7. The third kappa shape index (κ3) is 2.54. The molecule has 0 amide bonds. The Morgan fingerprint density at radius 2 is 1.91 bits per heavy atom. The molecule has 3 unspecified atom stereocenters. The second-order valence-corrected chi connectivity index (χ2v) is 5.81. The number of benzene rings is 1. The number of aromatic nitrogens is 2. The molecule has 3 atom stereocenters. The molecule has 2 heterocycles. The van der Waals surface area contributed by atoms with Gasteiger partial charge in [0, 0.05) is 18.0 Å². The largest absolute Gasteiger partial charge is 0.476 e. The lowest BCUT2D eigenvalue weighted by molar-refractivity contribution is 0.0690. The molecule has 0 saturated carbocycles. The summed E-state index contributed by atoms with van der Waals surface area (Å²) < 4.78 is 0. The third-order valence-electron chi connectivity index (χ3n) is 4.44. The summed E-state index contributed by atoms with van der Waals surface area (Å²) in [6, 6.07) is 11.1. The Labute approximate surface area is 129 Å². The average molecular weight is 297 g/mol. The average Bonchev–Trinajstić information content (AvgIpc) is 2.83. The van der Waals surface area contributed by atoms with E-state index in [-0.39, 0.29) is 5.69 Å². The predicted molar refractivity (Wildman–Crippen MR) is 84.2 cm³/mol. The monoisotopic (exact) mass is 297 g/mol. The zero-order chi connectivity index (χ0) is 15.7. The van der Waals surface area contributed by atoms with Crippen LogP contribution < -0.4 is 4.90 Å². The van der Waals surface area contributed by atoms with Gasteiger partial charge < -0.3 is 10.0 Å². The SMILES string of the molecule is CC1CC(c2ccccc2)C(C)N1c1cnc(C(=O)O)cn1. The van der Waals surface area contributed by atoms with Crippen molar-refractivity contribution in [1.82, 2.24) is 9.97 Å². The van der Waals surface area contributed by atoms with Crippen LogP contribution in [0.3, 0.4) is 0 Å². The van der Waals surface area contributed by atoms with E-state index in [0.29, 0.717) is 18.0 Å². The van der Waals surface area contributed by atoms with Gasteiger partial charge in [0.25, 0.3) is 0 Å². The Balaban J connectivity index is 1.86. The molecule has 0 radical (unpaired) electrons. The number of carbonyl (C=O) groups is 1. The smallest absolute Gasteiger partial charge is 0.356 e. The highest BCUT2D eigenvalue weighted by Gasteiger charge is 2.37. The number of hydrogen-bond acceptors (Lipinski definition) is 4. The Hall–Kier alpha value is -2.43. The highest BCUT2D eigenvalue weighted by Crippen LogP contribution is 2.39.